The molecule has 6 aromatic carbocycles. The Balaban J connectivity index is 0.000000200. The normalized spacial score (nSPS) is 14.9. The van der Waals surface area contributed by atoms with Crippen LogP contribution in [0, 0.1) is 0 Å². The molecule has 13 nitrogen and oxygen atoms in total. The SMILES string of the molecule is C.CC(C)=O.CC(C)N1CCC(Oc2ccc3n[nH]c(S(=O)(=O)c4cccc5ccccc45)c3c2)CC1.Cl.O=S(=O)(c1cccc2ccccc12)c1[nH]nc2ccc(OC3CCNCC3)cc12. The van der Waals surface area contributed by atoms with Crippen molar-refractivity contribution >= 4 is 81.2 Å². The van der Waals surface area contributed by atoms with Gasteiger partial charge in [0, 0.05) is 40.7 Å². The fourth-order valence-corrected chi connectivity index (χ4v) is 11.5. The molecule has 10 rings (SSSR count). The summed E-state index contributed by atoms with van der Waals surface area (Å²) in [6.07, 6.45) is 4.06. The molecule has 0 radical (unpaired) electrons. The van der Waals surface area contributed by atoms with Crippen LogP contribution in [-0.4, -0.2) is 92.3 Å². The van der Waals surface area contributed by atoms with Gasteiger partial charge in [-0.25, -0.2) is 16.8 Å². The number of benzene rings is 6. The fraction of sp³-hybridized carbons (Fsp3) is 0.314. The lowest BCUT2D eigenvalue weighted by atomic mass is 10.1. The van der Waals surface area contributed by atoms with Gasteiger partial charge in [0.1, 0.15) is 29.5 Å². The zero-order chi connectivity index (χ0) is 45.7. The van der Waals surface area contributed by atoms with Crippen molar-refractivity contribution in [2.45, 2.75) is 98.9 Å². The molecule has 0 amide bonds. The van der Waals surface area contributed by atoms with Crippen molar-refractivity contribution in [1.29, 1.82) is 0 Å². The first-order valence-corrected chi connectivity index (χ1v) is 24.9. The van der Waals surface area contributed by atoms with Gasteiger partial charge in [-0.2, -0.15) is 10.2 Å². The minimum Gasteiger partial charge on any atom is -0.490 e. The van der Waals surface area contributed by atoms with E-state index in [4.69, 9.17) is 9.47 Å². The largest absolute Gasteiger partial charge is 0.490 e. The molecule has 2 saturated heterocycles. The number of sulfone groups is 2. The van der Waals surface area contributed by atoms with E-state index in [1.165, 1.54) is 13.8 Å². The van der Waals surface area contributed by atoms with E-state index in [0.717, 1.165) is 62.6 Å². The van der Waals surface area contributed by atoms with Crippen LogP contribution in [0.25, 0.3) is 43.4 Å². The summed E-state index contributed by atoms with van der Waals surface area (Å²) in [5.41, 5.74) is 1.20. The van der Waals surface area contributed by atoms with Crippen molar-refractivity contribution in [1.82, 2.24) is 30.6 Å². The Labute approximate surface area is 398 Å². The van der Waals surface area contributed by atoms with E-state index in [2.05, 4.69) is 44.5 Å². The number of halogens is 1. The van der Waals surface area contributed by atoms with Crippen molar-refractivity contribution in [2.75, 3.05) is 26.2 Å². The maximum absolute atomic E-state index is 13.6. The van der Waals surface area contributed by atoms with Gasteiger partial charge in [0.2, 0.25) is 19.7 Å². The number of carbonyl (C=O) groups excluding carboxylic acids is 1. The summed E-state index contributed by atoms with van der Waals surface area (Å²) in [7, 11) is -7.58. The smallest absolute Gasteiger partial charge is 0.224 e. The monoisotopic (exact) mass is 966 g/mol. The molecule has 2 aromatic heterocycles. The van der Waals surface area contributed by atoms with Crippen LogP contribution in [0.4, 0.5) is 0 Å². The van der Waals surface area contributed by atoms with Crippen LogP contribution in [0.15, 0.2) is 141 Å². The van der Waals surface area contributed by atoms with Gasteiger partial charge in [-0.15, -0.1) is 12.4 Å². The quantitative estimate of drug-likeness (QED) is 0.125. The first kappa shape index (κ1) is 50.6. The van der Waals surface area contributed by atoms with Gasteiger partial charge in [0.25, 0.3) is 0 Å². The van der Waals surface area contributed by atoms with E-state index >= 15 is 0 Å². The highest BCUT2D eigenvalue weighted by atomic mass is 35.5. The van der Waals surface area contributed by atoms with Gasteiger partial charge >= 0.3 is 0 Å². The van der Waals surface area contributed by atoms with E-state index in [1.54, 1.807) is 42.5 Å². The molecule has 2 aliphatic heterocycles. The summed E-state index contributed by atoms with van der Waals surface area (Å²) in [5.74, 6) is 1.51. The van der Waals surface area contributed by atoms with Crippen LogP contribution >= 0.6 is 12.4 Å². The molecule has 354 valence electrons. The maximum Gasteiger partial charge on any atom is 0.224 e. The predicted octanol–water partition coefficient (Wildman–Crippen LogP) is 10.1. The summed E-state index contributed by atoms with van der Waals surface area (Å²) >= 11 is 0. The van der Waals surface area contributed by atoms with Crippen molar-refractivity contribution < 1.29 is 31.1 Å². The average molecular weight is 968 g/mol. The Morgan fingerprint density at radius 3 is 1.43 bits per heavy atom. The second-order valence-electron chi connectivity index (χ2n) is 16.8. The van der Waals surface area contributed by atoms with E-state index in [9.17, 15) is 21.6 Å². The highest BCUT2D eigenvalue weighted by Crippen LogP contribution is 2.35. The number of fused-ring (bicyclic) bond motifs is 4. The lowest BCUT2D eigenvalue weighted by molar-refractivity contribution is -0.115. The van der Waals surface area contributed by atoms with Crippen LogP contribution in [0.3, 0.4) is 0 Å². The summed E-state index contributed by atoms with van der Waals surface area (Å²) < 4.78 is 66.6. The highest BCUT2D eigenvalue weighted by molar-refractivity contribution is 7.92. The Morgan fingerprint density at radius 2 is 1.00 bits per heavy atom. The molecular formula is C51H59ClN6O7S2. The van der Waals surface area contributed by atoms with Crippen LogP contribution in [-0.2, 0) is 24.5 Å². The van der Waals surface area contributed by atoms with E-state index in [1.807, 2.05) is 78.9 Å². The number of rotatable bonds is 9. The van der Waals surface area contributed by atoms with E-state index < -0.39 is 19.7 Å². The first-order valence-electron chi connectivity index (χ1n) is 22.0. The number of hydrogen-bond acceptors (Lipinski definition) is 11. The first-order chi connectivity index (χ1) is 31.3. The molecule has 67 heavy (non-hydrogen) atoms. The molecule has 16 heteroatoms. The molecule has 2 fully saturated rings. The summed E-state index contributed by atoms with van der Waals surface area (Å²) in [6, 6.07) is 37.0. The average Bonchev–Trinajstić information content (AvgIpc) is 3.94. The molecule has 0 atom stereocenters. The van der Waals surface area contributed by atoms with E-state index in [-0.39, 0.29) is 57.7 Å². The van der Waals surface area contributed by atoms with Crippen molar-refractivity contribution in [3.8, 4) is 11.5 Å². The number of carbonyl (C=O) groups is 1. The summed E-state index contributed by atoms with van der Waals surface area (Å²) in [4.78, 5) is 12.4. The zero-order valence-electron chi connectivity index (χ0n) is 37.4. The number of ether oxygens (including phenoxy) is 2. The minimum absolute atomic E-state index is 0. The van der Waals surface area contributed by atoms with Crippen LogP contribution < -0.4 is 14.8 Å². The molecule has 0 aliphatic carbocycles. The van der Waals surface area contributed by atoms with Crippen LogP contribution in [0.2, 0.25) is 0 Å². The molecule has 8 aromatic rings. The van der Waals surface area contributed by atoms with Crippen molar-refractivity contribution in [2.24, 2.45) is 0 Å². The van der Waals surface area contributed by atoms with Gasteiger partial charge in [0.15, 0.2) is 10.1 Å². The fourth-order valence-electron chi connectivity index (χ4n) is 8.38. The Kier molecular flexibility index (Phi) is 16.5. The molecule has 2 aliphatic rings. The standard InChI is InChI=1S/C25H27N3O3S.C22H21N3O3S.C3H6O.CH4.ClH/c1-17(2)28-14-12-19(13-15-28)31-20-10-11-23-22(16-20)25(27-26-23)32(29,30)24-9-5-7-18-6-3-4-8-21(18)24;26-29(27,21-7-3-5-15-4-1-2-6-18(15)21)22-19-14-17(8-9-20(19)24-25-22)28-16-10-12-23-13-11-16;1-3(2)4;;/h3-11,16-17,19H,12-15H2,1-2H3,(H,26,27);1-9,14,16,23H,10-13H2,(H,24,25);1-2H3;1H4;1H. The topological polar surface area (TPSA) is 176 Å². The third-order valence-electron chi connectivity index (χ3n) is 11.7. The van der Waals surface area contributed by atoms with Gasteiger partial charge in [-0.05, 0) is 126 Å². The van der Waals surface area contributed by atoms with Crippen molar-refractivity contribution in [3.63, 3.8) is 0 Å². The number of aromatic amines is 2. The second-order valence-corrected chi connectivity index (χ2v) is 20.6. The number of nitrogens with one attached hydrogen (secondary N) is 3. The predicted molar refractivity (Wildman–Crippen MR) is 268 cm³/mol. The number of hydrogen-bond donors (Lipinski definition) is 3. The molecule has 0 spiro atoms. The number of likely N-dealkylation sites (tertiary alicyclic amines) is 1. The minimum atomic E-state index is -3.80. The maximum atomic E-state index is 13.6. The third-order valence-corrected chi connectivity index (χ3v) is 15.3. The van der Waals surface area contributed by atoms with Gasteiger partial charge in [-0.3, -0.25) is 10.2 Å². The summed E-state index contributed by atoms with van der Waals surface area (Å²) in [5, 5.41) is 21.7. The van der Waals surface area contributed by atoms with Gasteiger partial charge in [0.05, 0.1) is 20.8 Å². The number of piperidine rings is 2. The third kappa shape index (κ3) is 11.3. The molecule has 4 heterocycles. The number of ketones is 1. The van der Waals surface area contributed by atoms with E-state index in [0.29, 0.717) is 50.1 Å². The molecule has 0 bridgehead atoms. The van der Waals surface area contributed by atoms with Crippen molar-refractivity contribution in [3.05, 3.63) is 121 Å². The number of Topliss-reactive ketones (excluding diaryl/α,β-unsaturated/α-hetero) is 1. The molecular weight excluding hydrogens is 908 g/mol. The van der Waals surface area contributed by atoms with Crippen LogP contribution in [0.5, 0.6) is 11.5 Å². The molecule has 3 N–H and O–H groups in total. The lowest BCUT2D eigenvalue weighted by Crippen LogP contribution is -2.41. The Bertz CT molecular complexity index is 3180. The lowest BCUT2D eigenvalue weighted by Gasteiger charge is -2.34. The number of aromatic nitrogens is 4. The zero-order valence-corrected chi connectivity index (χ0v) is 39.8. The highest BCUT2D eigenvalue weighted by Gasteiger charge is 2.28. The van der Waals surface area contributed by atoms with Gasteiger partial charge in [-0.1, -0.05) is 80.2 Å². The molecule has 0 saturated carbocycles. The van der Waals surface area contributed by atoms with Crippen LogP contribution in [0.1, 0.15) is 60.8 Å². The Morgan fingerprint density at radius 1 is 0.597 bits per heavy atom. The summed E-state index contributed by atoms with van der Waals surface area (Å²) in [6.45, 7) is 11.4. The molecule has 0 unspecified atom stereocenters. The second kappa shape index (κ2) is 21.9. The number of nitrogens with zero attached hydrogens (tertiary/aromatic N) is 3. The Hall–Kier alpha value is -5.84. The van der Waals surface area contributed by atoms with Gasteiger partial charge < -0.3 is 24.5 Å². The number of H-pyrrole nitrogens is 2.